The van der Waals surface area contributed by atoms with Gasteiger partial charge in [-0.05, 0) is 37.8 Å². The van der Waals surface area contributed by atoms with Crippen LogP contribution >= 0.6 is 12.4 Å². The van der Waals surface area contributed by atoms with Crippen molar-refractivity contribution in [1.82, 2.24) is 5.32 Å². The lowest BCUT2D eigenvalue weighted by molar-refractivity contribution is -0.125. The summed E-state index contributed by atoms with van der Waals surface area (Å²) < 4.78 is 23.8. The number of carbonyl (C=O) groups excluding carboxylic acids is 1. The van der Waals surface area contributed by atoms with Crippen LogP contribution in [0.25, 0.3) is 0 Å². The average molecular weight is 347 g/mol. The van der Waals surface area contributed by atoms with Crippen molar-refractivity contribution in [3.63, 3.8) is 0 Å². The van der Waals surface area contributed by atoms with Crippen molar-refractivity contribution >= 4 is 18.3 Å². The minimum atomic E-state index is -0.527. The molecule has 2 rings (SSSR count). The monoisotopic (exact) mass is 346 g/mol. The number of rotatable bonds is 6. The van der Waals surface area contributed by atoms with Gasteiger partial charge in [0.25, 0.3) is 0 Å². The van der Waals surface area contributed by atoms with Crippen molar-refractivity contribution in [2.75, 3.05) is 19.8 Å². The van der Waals surface area contributed by atoms with Gasteiger partial charge in [0.2, 0.25) is 5.91 Å². The van der Waals surface area contributed by atoms with Gasteiger partial charge in [-0.15, -0.1) is 12.4 Å². The van der Waals surface area contributed by atoms with E-state index in [0.29, 0.717) is 19.0 Å². The fraction of sp³-hybridized carbons (Fsp3) is 0.562. The van der Waals surface area contributed by atoms with Crippen LogP contribution in [0.5, 0.6) is 5.75 Å². The average Bonchev–Trinajstić information content (AvgIpc) is 2.53. The van der Waals surface area contributed by atoms with E-state index in [-0.39, 0.29) is 42.7 Å². The van der Waals surface area contributed by atoms with Crippen LogP contribution in [0.15, 0.2) is 24.3 Å². The normalized spacial score (nSPS) is 17.7. The fourth-order valence-corrected chi connectivity index (χ4v) is 2.45. The molecule has 2 atom stereocenters. The number of amides is 1. The number of halogens is 2. The molecule has 1 aromatic rings. The summed E-state index contributed by atoms with van der Waals surface area (Å²) in [5.41, 5.74) is 6.01. The lowest BCUT2D eigenvalue weighted by Crippen LogP contribution is -2.50. The van der Waals surface area contributed by atoms with E-state index in [0.717, 1.165) is 12.8 Å². The zero-order valence-electron chi connectivity index (χ0n) is 13.2. The molecule has 1 aromatic carbocycles. The minimum absolute atomic E-state index is 0. The molecule has 1 aliphatic rings. The van der Waals surface area contributed by atoms with E-state index in [4.69, 9.17) is 15.2 Å². The van der Waals surface area contributed by atoms with Crippen LogP contribution in [0.3, 0.4) is 0 Å². The second-order valence-electron chi connectivity index (χ2n) is 5.65. The van der Waals surface area contributed by atoms with E-state index in [2.05, 4.69) is 5.32 Å². The molecule has 3 N–H and O–H groups in total. The molecule has 1 aliphatic heterocycles. The third kappa shape index (κ3) is 6.33. The van der Waals surface area contributed by atoms with Gasteiger partial charge in [0.15, 0.2) is 0 Å². The van der Waals surface area contributed by atoms with Gasteiger partial charge in [-0.3, -0.25) is 4.79 Å². The Hall–Kier alpha value is -1.37. The molecule has 0 spiro atoms. The molecule has 23 heavy (non-hydrogen) atoms. The first kappa shape index (κ1) is 19.7. The number of nitrogens with one attached hydrogen (secondary N) is 1. The second-order valence-corrected chi connectivity index (χ2v) is 5.65. The Bertz CT molecular complexity index is 498. The van der Waals surface area contributed by atoms with Crippen LogP contribution in [-0.4, -0.2) is 37.8 Å². The van der Waals surface area contributed by atoms with E-state index in [1.165, 1.54) is 12.1 Å². The third-order valence-corrected chi connectivity index (χ3v) is 3.76. The largest absolute Gasteiger partial charge is 0.491 e. The molecule has 1 fully saturated rings. The van der Waals surface area contributed by atoms with Crippen LogP contribution in [0.2, 0.25) is 0 Å². The van der Waals surface area contributed by atoms with E-state index < -0.39 is 6.04 Å². The Labute approximate surface area is 142 Å². The summed E-state index contributed by atoms with van der Waals surface area (Å²) >= 11 is 0. The van der Waals surface area contributed by atoms with Crippen LogP contribution < -0.4 is 15.8 Å². The maximum atomic E-state index is 13.0. The Balaban J connectivity index is 0.00000264. The van der Waals surface area contributed by atoms with Gasteiger partial charge in [0, 0.05) is 19.3 Å². The van der Waals surface area contributed by atoms with E-state index in [1.807, 2.05) is 6.92 Å². The highest BCUT2D eigenvalue weighted by Gasteiger charge is 2.27. The van der Waals surface area contributed by atoms with Gasteiger partial charge in [0.1, 0.15) is 18.2 Å². The Morgan fingerprint density at radius 2 is 2.17 bits per heavy atom. The smallest absolute Gasteiger partial charge is 0.237 e. The second kappa shape index (κ2) is 9.70. The molecule has 1 saturated heterocycles. The summed E-state index contributed by atoms with van der Waals surface area (Å²) in [5, 5.41) is 2.84. The van der Waals surface area contributed by atoms with Crippen molar-refractivity contribution in [3.8, 4) is 5.75 Å². The zero-order chi connectivity index (χ0) is 15.9. The van der Waals surface area contributed by atoms with Gasteiger partial charge >= 0.3 is 0 Å². The minimum Gasteiger partial charge on any atom is -0.491 e. The standard InChI is InChI=1S/C16H23FN2O3.ClH/c1-11(10-22-14-4-2-3-13(17)9-14)19-16(20)15(18)12-5-7-21-8-6-12;/h2-4,9,11-12,15H,5-8,10,18H2,1H3,(H,19,20);1H. The molecular weight excluding hydrogens is 323 g/mol. The predicted molar refractivity (Wildman–Crippen MR) is 88.3 cm³/mol. The highest BCUT2D eigenvalue weighted by molar-refractivity contribution is 5.85. The maximum Gasteiger partial charge on any atom is 0.237 e. The van der Waals surface area contributed by atoms with Crippen molar-refractivity contribution in [3.05, 3.63) is 30.1 Å². The van der Waals surface area contributed by atoms with Gasteiger partial charge in [-0.2, -0.15) is 0 Å². The van der Waals surface area contributed by atoms with Crippen LogP contribution in [0.1, 0.15) is 19.8 Å². The molecule has 2 unspecified atom stereocenters. The van der Waals surface area contributed by atoms with Crippen LogP contribution in [0, 0.1) is 11.7 Å². The van der Waals surface area contributed by atoms with E-state index in [9.17, 15) is 9.18 Å². The van der Waals surface area contributed by atoms with E-state index in [1.54, 1.807) is 12.1 Å². The quantitative estimate of drug-likeness (QED) is 0.825. The number of hydrogen-bond donors (Lipinski definition) is 2. The summed E-state index contributed by atoms with van der Waals surface area (Å²) in [5.74, 6) is 0.0675. The summed E-state index contributed by atoms with van der Waals surface area (Å²) in [6, 6.07) is 5.18. The Kier molecular flexibility index (Phi) is 8.30. The molecule has 0 bridgehead atoms. The SMILES string of the molecule is CC(COc1cccc(F)c1)NC(=O)C(N)C1CCOCC1.Cl. The first-order valence-electron chi connectivity index (χ1n) is 7.58. The van der Waals surface area contributed by atoms with Crippen molar-refractivity contribution in [2.45, 2.75) is 31.8 Å². The molecule has 0 radical (unpaired) electrons. The number of benzene rings is 1. The predicted octanol–water partition coefficient (Wildman–Crippen LogP) is 1.88. The summed E-state index contributed by atoms with van der Waals surface area (Å²) in [7, 11) is 0. The van der Waals surface area contributed by atoms with Crippen LogP contribution in [0.4, 0.5) is 4.39 Å². The third-order valence-electron chi connectivity index (χ3n) is 3.76. The summed E-state index contributed by atoms with van der Waals surface area (Å²) in [6.45, 7) is 3.40. The van der Waals surface area contributed by atoms with E-state index >= 15 is 0 Å². The topological polar surface area (TPSA) is 73.6 Å². The molecule has 5 nitrogen and oxygen atoms in total. The molecule has 130 valence electrons. The molecule has 1 amide bonds. The molecule has 0 aromatic heterocycles. The molecule has 0 aliphatic carbocycles. The fourth-order valence-electron chi connectivity index (χ4n) is 2.45. The lowest BCUT2D eigenvalue weighted by atomic mass is 9.92. The molecule has 7 heteroatoms. The van der Waals surface area contributed by atoms with Crippen molar-refractivity contribution < 1.29 is 18.7 Å². The first-order chi connectivity index (χ1) is 10.6. The first-order valence-corrected chi connectivity index (χ1v) is 7.58. The Morgan fingerprint density at radius 3 is 2.83 bits per heavy atom. The van der Waals surface area contributed by atoms with Gasteiger partial charge in [-0.1, -0.05) is 6.07 Å². The summed E-state index contributed by atoms with van der Waals surface area (Å²) in [4.78, 5) is 12.1. The van der Waals surface area contributed by atoms with Gasteiger partial charge < -0.3 is 20.5 Å². The van der Waals surface area contributed by atoms with Gasteiger partial charge in [-0.25, -0.2) is 4.39 Å². The van der Waals surface area contributed by atoms with Crippen molar-refractivity contribution in [1.29, 1.82) is 0 Å². The number of carbonyl (C=O) groups is 1. The number of hydrogen-bond acceptors (Lipinski definition) is 4. The zero-order valence-corrected chi connectivity index (χ0v) is 14.0. The lowest BCUT2D eigenvalue weighted by Gasteiger charge is -2.27. The van der Waals surface area contributed by atoms with Gasteiger partial charge in [0.05, 0.1) is 12.1 Å². The highest BCUT2D eigenvalue weighted by Crippen LogP contribution is 2.18. The number of nitrogens with two attached hydrogens (primary N) is 1. The van der Waals surface area contributed by atoms with Crippen LogP contribution in [-0.2, 0) is 9.53 Å². The molecule has 0 saturated carbocycles. The maximum absolute atomic E-state index is 13.0. The molecular formula is C16H24ClFN2O3. The molecule has 1 heterocycles. The highest BCUT2D eigenvalue weighted by atomic mass is 35.5. The summed E-state index contributed by atoms with van der Waals surface area (Å²) in [6.07, 6.45) is 1.62. The number of ether oxygens (including phenoxy) is 2. The Morgan fingerprint density at radius 1 is 1.48 bits per heavy atom. The van der Waals surface area contributed by atoms with Crippen molar-refractivity contribution in [2.24, 2.45) is 11.7 Å².